The summed E-state index contributed by atoms with van der Waals surface area (Å²) in [7, 11) is -3.65. The maximum Gasteiger partial charge on any atom is 0.335 e. The van der Waals surface area contributed by atoms with Gasteiger partial charge in [-0.3, -0.25) is 4.79 Å². The predicted octanol–water partition coefficient (Wildman–Crippen LogP) is 3.95. The molecule has 9 nitrogen and oxygen atoms in total. The molecule has 184 valence electrons. The molecule has 0 bridgehead atoms. The number of amides is 1. The first-order valence-electron chi connectivity index (χ1n) is 10.8. The Labute approximate surface area is 208 Å². The van der Waals surface area contributed by atoms with Gasteiger partial charge in [-0.05, 0) is 49.7 Å². The number of carboxylic acids is 1. The van der Waals surface area contributed by atoms with Crippen LogP contribution in [-0.4, -0.2) is 45.4 Å². The number of anilines is 1. The van der Waals surface area contributed by atoms with Gasteiger partial charge in [-0.15, -0.1) is 16.8 Å². The zero-order valence-electron chi connectivity index (χ0n) is 19.3. The van der Waals surface area contributed by atoms with E-state index in [9.17, 15) is 18.0 Å². The first-order valence-corrected chi connectivity index (χ1v) is 13.3. The SMILES string of the molecule is C=CCn1c(CS(=O)(=O)c2ccc(C)cc2)nnc1SC(CC)C(=O)Nc1ccc(C(=O)O)cc1. The van der Waals surface area contributed by atoms with Gasteiger partial charge in [-0.1, -0.05) is 42.5 Å². The van der Waals surface area contributed by atoms with Crippen LogP contribution in [0.15, 0.2) is 71.2 Å². The average Bonchev–Trinajstić information content (AvgIpc) is 3.18. The minimum absolute atomic E-state index is 0.120. The lowest BCUT2D eigenvalue weighted by molar-refractivity contribution is -0.115. The van der Waals surface area contributed by atoms with Gasteiger partial charge in [0, 0.05) is 12.2 Å². The second-order valence-corrected chi connectivity index (χ2v) is 10.9. The first kappa shape index (κ1) is 26.2. The molecule has 1 amide bonds. The number of rotatable bonds is 11. The highest BCUT2D eigenvalue weighted by atomic mass is 32.2. The van der Waals surface area contributed by atoms with Crippen LogP contribution in [0.5, 0.6) is 0 Å². The molecule has 2 aromatic carbocycles. The van der Waals surface area contributed by atoms with Crippen molar-refractivity contribution in [3.63, 3.8) is 0 Å². The van der Waals surface area contributed by atoms with Crippen molar-refractivity contribution >= 4 is 39.2 Å². The van der Waals surface area contributed by atoms with Gasteiger partial charge in [-0.25, -0.2) is 13.2 Å². The maximum atomic E-state index is 12.9. The lowest BCUT2D eigenvalue weighted by atomic mass is 10.2. The monoisotopic (exact) mass is 514 g/mol. The second-order valence-electron chi connectivity index (χ2n) is 7.76. The molecule has 1 heterocycles. The smallest absolute Gasteiger partial charge is 0.335 e. The van der Waals surface area contributed by atoms with Crippen LogP contribution in [0, 0.1) is 6.92 Å². The Morgan fingerprint density at radius 2 is 1.80 bits per heavy atom. The molecular formula is C24H26N4O5S2. The fourth-order valence-corrected chi connectivity index (χ4v) is 5.45. The fraction of sp³-hybridized carbons (Fsp3) is 0.250. The topological polar surface area (TPSA) is 131 Å². The van der Waals surface area contributed by atoms with Crippen molar-refractivity contribution < 1.29 is 23.1 Å². The van der Waals surface area contributed by atoms with E-state index in [2.05, 4.69) is 22.1 Å². The van der Waals surface area contributed by atoms with E-state index in [-0.39, 0.29) is 34.5 Å². The van der Waals surface area contributed by atoms with Crippen molar-refractivity contribution in [2.45, 2.75) is 47.9 Å². The number of aromatic nitrogens is 3. The first-order chi connectivity index (χ1) is 16.6. The Kier molecular flexibility index (Phi) is 8.47. The Balaban J connectivity index is 1.78. The lowest BCUT2D eigenvalue weighted by Gasteiger charge is -2.15. The van der Waals surface area contributed by atoms with Crippen LogP contribution in [0.2, 0.25) is 0 Å². The molecule has 0 aliphatic carbocycles. The normalized spacial score (nSPS) is 12.2. The van der Waals surface area contributed by atoms with E-state index >= 15 is 0 Å². The van der Waals surface area contributed by atoms with Crippen LogP contribution >= 0.6 is 11.8 Å². The summed E-state index contributed by atoms with van der Waals surface area (Å²) in [5.41, 5.74) is 1.55. The molecule has 0 fully saturated rings. The Morgan fingerprint density at radius 1 is 1.14 bits per heavy atom. The van der Waals surface area contributed by atoms with Crippen LogP contribution < -0.4 is 5.32 Å². The van der Waals surface area contributed by atoms with Gasteiger partial charge in [0.2, 0.25) is 5.91 Å². The van der Waals surface area contributed by atoms with E-state index in [1.807, 2.05) is 13.8 Å². The van der Waals surface area contributed by atoms with Crippen molar-refractivity contribution in [2.75, 3.05) is 5.32 Å². The summed E-state index contributed by atoms with van der Waals surface area (Å²) in [5, 5.41) is 19.9. The molecular weight excluding hydrogens is 488 g/mol. The number of hydrogen-bond acceptors (Lipinski definition) is 7. The zero-order valence-corrected chi connectivity index (χ0v) is 21.0. The number of hydrogen-bond donors (Lipinski definition) is 2. The molecule has 3 rings (SSSR count). The number of aryl methyl sites for hydroxylation is 1. The van der Waals surface area contributed by atoms with E-state index in [4.69, 9.17) is 5.11 Å². The van der Waals surface area contributed by atoms with Gasteiger partial charge in [0.15, 0.2) is 15.0 Å². The van der Waals surface area contributed by atoms with E-state index < -0.39 is 21.1 Å². The number of sulfone groups is 1. The summed E-state index contributed by atoms with van der Waals surface area (Å²) in [6, 6.07) is 12.5. The largest absolute Gasteiger partial charge is 0.478 e. The Bertz CT molecular complexity index is 1320. The van der Waals surface area contributed by atoms with Gasteiger partial charge in [0.05, 0.1) is 15.7 Å². The van der Waals surface area contributed by atoms with Crippen molar-refractivity contribution in [3.8, 4) is 0 Å². The molecule has 1 atom stereocenters. The maximum absolute atomic E-state index is 12.9. The van der Waals surface area contributed by atoms with Crippen molar-refractivity contribution in [1.29, 1.82) is 0 Å². The molecule has 0 aliphatic heterocycles. The Morgan fingerprint density at radius 3 is 2.37 bits per heavy atom. The van der Waals surface area contributed by atoms with Crippen molar-refractivity contribution in [1.82, 2.24) is 14.8 Å². The minimum atomic E-state index is -3.65. The predicted molar refractivity (Wildman–Crippen MR) is 134 cm³/mol. The highest BCUT2D eigenvalue weighted by molar-refractivity contribution is 8.00. The molecule has 0 saturated carbocycles. The summed E-state index contributed by atoms with van der Waals surface area (Å²) in [6.45, 7) is 7.75. The highest BCUT2D eigenvalue weighted by Crippen LogP contribution is 2.27. The standard InChI is InChI=1S/C24H26N4O5S2/c1-4-14-28-21(15-35(32,33)19-12-6-16(3)7-13-19)26-27-24(28)34-20(5-2)22(29)25-18-10-8-17(9-11-18)23(30)31/h4,6-13,20H,1,5,14-15H2,2-3H3,(H,25,29)(H,30,31). The Hall–Kier alpha value is -3.44. The number of allylic oxidation sites excluding steroid dienone is 1. The number of nitrogens with zero attached hydrogens (tertiary/aromatic N) is 3. The number of thioether (sulfide) groups is 1. The van der Waals surface area contributed by atoms with Crippen molar-refractivity contribution in [2.24, 2.45) is 0 Å². The van der Waals surface area contributed by atoms with Crippen LogP contribution in [0.4, 0.5) is 5.69 Å². The van der Waals surface area contributed by atoms with Crippen LogP contribution in [-0.2, 0) is 26.9 Å². The number of carbonyl (C=O) groups excluding carboxylic acids is 1. The summed E-state index contributed by atoms with van der Waals surface area (Å²) in [5.74, 6) is -1.42. The zero-order chi connectivity index (χ0) is 25.6. The third-order valence-corrected chi connectivity index (χ3v) is 8.09. The van der Waals surface area contributed by atoms with Gasteiger partial charge in [0.1, 0.15) is 11.6 Å². The number of nitrogens with one attached hydrogen (secondary N) is 1. The summed E-state index contributed by atoms with van der Waals surface area (Å²) in [4.78, 5) is 24.1. The lowest BCUT2D eigenvalue weighted by Crippen LogP contribution is -2.25. The second kappa shape index (κ2) is 11.3. The number of carboxylic acid groups (broad SMARTS) is 1. The highest BCUT2D eigenvalue weighted by Gasteiger charge is 2.25. The van der Waals surface area contributed by atoms with E-state index in [1.54, 1.807) is 34.9 Å². The molecule has 11 heteroatoms. The summed E-state index contributed by atoms with van der Waals surface area (Å²) in [6.07, 6.45) is 2.09. The third kappa shape index (κ3) is 6.58. The number of aromatic carboxylic acids is 1. The molecule has 1 unspecified atom stereocenters. The molecule has 0 saturated heterocycles. The van der Waals surface area contributed by atoms with Gasteiger partial charge >= 0.3 is 5.97 Å². The van der Waals surface area contributed by atoms with Crippen LogP contribution in [0.25, 0.3) is 0 Å². The molecule has 0 aliphatic rings. The molecule has 1 aromatic heterocycles. The minimum Gasteiger partial charge on any atom is -0.478 e. The molecule has 2 N–H and O–H groups in total. The van der Waals surface area contributed by atoms with Crippen LogP contribution in [0.1, 0.15) is 35.1 Å². The number of carbonyl (C=O) groups is 2. The van der Waals surface area contributed by atoms with E-state index in [1.165, 1.54) is 36.0 Å². The molecule has 35 heavy (non-hydrogen) atoms. The number of benzene rings is 2. The van der Waals surface area contributed by atoms with E-state index in [0.29, 0.717) is 17.3 Å². The molecule has 3 aromatic rings. The van der Waals surface area contributed by atoms with Crippen LogP contribution in [0.3, 0.4) is 0 Å². The van der Waals surface area contributed by atoms with Crippen molar-refractivity contribution in [3.05, 3.63) is 78.1 Å². The molecule has 0 radical (unpaired) electrons. The van der Waals surface area contributed by atoms with Gasteiger partial charge in [0.25, 0.3) is 0 Å². The van der Waals surface area contributed by atoms with Gasteiger partial charge in [-0.2, -0.15) is 0 Å². The molecule has 0 spiro atoms. The summed E-state index contributed by atoms with van der Waals surface area (Å²) < 4.78 is 27.5. The van der Waals surface area contributed by atoms with Gasteiger partial charge < -0.3 is 15.0 Å². The fourth-order valence-electron chi connectivity index (χ4n) is 3.19. The van der Waals surface area contributed by atoms with E-state index in [0.717, 1.165) is 5.56 Å². The third-order valence-electron chi connectivity index (χ3n) is 5.11. The quantitative estimate of drug-likeness (QED) is 0.290. The summed E-state index contributed by atoms with van der Waals surface area (Å²) >= 11 is 1.18. The average molecular weight is 515 g/mol.